The highest BCUT2D eigenvalue weighted by Gasteiger charge is 2.35. The van der Waals surface area contributed by atoms with E-state index >= 15 is 0 Å². The molecule has 184 valence electrons. The molecule has 2 aromatic carbocycles. The Labute approximate surface area is 209 Å². The van der Waals surface area contributed by atoms with Gasteiger partial charge in [0, 0.05) is 37.2 Å². The van der Waals surface area contributed by atoms with Gasteiger partial charge < -0.3 is 18.8 Å². The molecule has 0 unspecified atom stereocenters. The third-order valence-electron chi connectivity index (χ3n) is 6.54. The summed E-state index contributed by atoms with van der Waals surface area (Å²) in [6.07, 6.45) is 2.95. The van der Waals surface area contributed by atoms with Crippen LogP contribution in [0.25, 0.3) is 11.5 Å². The Bertz CT molecular complexity index is 1330. The minimum absolute atomic E-state index is 0.0925. The molecule has 0 radical (unpaired) electrons. The molecule has 2 aromatic heterocycles. The zero-order chi connectivity index (χ0) is 24.9. The number of hydrogen-bond acceptors (Lipinski definition) is 7. The van der Waals surface area contributed by atoms with Gasteiger partial charge in [-0.3, -0.25) is 0 Å². The molecule has 1 aliphatic heterocycles. The van der Waals surface area contributed by atoms with Crippen molar-refractivity contribution in [3.05, 3.63) is 89.6 Å². The number of aldehydes is 1. The van der Waals surface area contributed by atoms with Crippen molar-refractivity contribution in [2.45, 2.75) is 32.5 Å². The summed E-state index contributed by atoms with van der Waals surface area (Å²) in [6.45, 7) is 2.79. The number of oxazole rings is 1. The number of hydrogen-bond donors (Lipinski definition) is 0. The number of nitrogens with zero attached hydrogens (tertiary/aromatic N) is 4. The smallest absolute Gasteiger partial charge is 0.226 e. The number of rotatable bonds is 9. The first-order valence-corrected chi connectivity index (χ1v) is 12.0. The number of carbonyl (C=O) groups excluding carboxylic acids is 1. The van der Waals surface area contributed by atoms with E-state index in [4.69, 9.17) is 9.15 Å². The van der Waals surface area contributed by atoms with Crippen LogP contribution < -0.4 is 9.64 Å². The van der Waals surface area contributed by atoms with Gasteiger partial charge in [0.25, 0.3) is 0 Å². The number of aromatic nitrogens is 3. The second kappa shape index (κ2) is 10.7. The molecule has 0 amide bonds. The summed E-state index contributed by atoms with van der Waals surface area (Å²) in [5, 5.41) is 0. The van der Waals surface area contributed by atoms with Gasteiger partial charge in [-0.25, -0.2) is 19.3 Å². The van der Waals surface area contributed by atoms with Crippen LogP contribution in [0.2, 0.25) is 0 Å². The predicted octanol–water partition coefficient (Wildman–Crippen LogP) is 5.30. The zero-order valence-corrected chi connectivity index (χ0v) is 20.0. The van der Waals surface area contributed by atoms with Crippen LogP contribution in [0.1, 0.15) is 35.1 Å². The average molecular weight is 487 g/mol. The molecule has 1 aliphatic rings. The summed E-state index contributed by atoms with van der Waals surface area (Å²) >= 11 is 0. The van der Waals surface area contributed by atoms with Crippen LogP contribution in [0.4, 0.5) is 10.3 Å². The molecule has 7 nitrogen and oxygen atoms in total. The molecule has 2 atom stereocenters. The van der Waals surface area contributed by atoms with Crippen LogP contribution in [0, 0.1) is 12.8 Å². The first kappa shape index (κ1) is 23.7. The van der Waals surface area contributed by atoms with Crippen molar-refractivity contribution >= 4 is 12.2 Å². The van der Waals surface area contributed by atoms with Crippen molar-refractivity contribution in [1.82, 2.24) is 15.0 Å². The molecule has 8 heteroatoms. The molecule has 36 heavy (non-hydrogen) atoms. The van der Waals surface area contributed by atoms with Gasteiger partial charge in [-0.05, 0) is 48.7 Å². The van der Waals surface area contributed by atoms with E-state index in [1.807, 2.05) is 66.4 Å². The number of benzene rings is 2. The maximum Gasteiger partial charge on any atom is 0.226 e. The molecular formula is C28H27FN4O3. The molecule has 0 saturated carbocycles. The molecule has 0 spiro atoms. The number of halogens is 1. The second-order valence-corrected chi connectivity index (χ2v) is 8.90. The number of carbonyl (C=O) groups is 1. The maximum absolute atomic E-state index is 13.1. The van der Waals surface area contributed by atoms with Crippen LogP contribution >= 0.6 is 0 Å². The Morgan fingerprint density at radius 3 is 2.78 bits per heavy atom. The average Bonchev–Trinajstić information content (AvgIpc) is 3.52. The highest BCUT2D eigenvalue weighted by Crippen LogP contribution is 2.37. The van der Waals surface area contributed by atoms with E-state index < -0.39 is 6.67 Å². The van der Waals surface area contributed by atoms with Gasteiger partial charge in [0.05, 0.1) is 5.69 Å². The highest BCUT2D eigenvalue weighted by atomic mass is 19.1. The molecule has 0 N–H and O–H groups in total. The van der Waals surface area contributed by atoms with E-state index in [-0.39, 0.29) is 18.4 Å². The van der Waals surface area contributed by atoms with E-state index in [1.165, 1.54) is 0 Å². The predicted molar refractivity (Wildman–Crippen MR) is 133 cm³/mol. The molecule has 1 fully saturated rings. The summed E-state index contributed by atoms with van der Waals surface area (Å²) < 4.78 is 25.0. The molecule has 0 aliphatic carbocycles. The lowest BCUT2D eigenvalue weighted by Gasteiger charge is -2.18. The van der Waals surface area contributed by atoms with Gasteiger partial charge in [0.15, 0.2) is 0 Å². The monoisotopic (exact) mass is 486 g/mol. The quantitative estimate of drug-likeness (QED) is 0.297. The van der Waals surface area contributed by atoms with Crippen LogP contribution in [-0.2, 0) is 18.1 Å². The van der Waals surface area contributed by atoms with Gasteiger partial charge in [-0.2, -0.15) is 0 Å². The Morgan fingerprint density at radius 1 is 1.11 bits per heavy atom. The first-order chi connectivity index (χ1) is 17.6. The second-order valence-electron chi connectivity index (χ2n) is 8.90. The third kappa shape index (κ3) is 5.12. The molecule has 3 heterocycles. The Hall–Kier alpha value is -4.07. The van der Waals surface area contributed by atoms with E-state index in [1.54, 1.807) is 12.3 Å². The fourth-order valence-electron chi connectivity index (χ4n) is 4.64. The topological polar surface area (TPSA) is 81.3 Å². The fourth-order valence-corrected chi connectivity index (χ4v) is 4.64. The van der Waals surface area contributed by atoms with Crippen LogP contribution in [0.15, 0.2) is 71.3 Å². The standard InChI is InChI=1S/C28H27FN4O3/c1-19-26(32-27(36-19)20-6-3-2-4-7-20)18-35-24-9-5-8-21(14-24)25-17-33(16-22(25)11-13-34)28-30-12-10-23(15-29)31-28/h2-10,12-14,22,25H,11,15-18H2,1H3/t22-,25-/m0/s1. The van der Waals surface area contributed by atoms with Crippen molar-refractivity contribution in [3.63, 3.8) is 0 Å². The number of ether oxygens (including phenoxy) is 1. The van der Waals surface area contributed by atoms with Crippen LogP contribution in [0.5, 0.6) is 5.75 Å². The van der Waals surface area contributed by atoms with Crippen molar-refractivity contribution in [1.29, 1.82) is 0 Å². The van der Waals surface area contributed by atoms with Gasteiger partial charge in [-0.1, -0.05) is 30.3 Å². The minimum Gasteiger partial charge on any atom is -0.487 e. The number of aryl methyl sites for hydroxylation is 1. The summed E-state index contributed by atoms with van der Waals surface area (Å²) in [4.78, 5) is 26.7. The van der Waals surface area contributed by atoms with Crippen LogP contribution in [0.3, 0.4) is 0 Å². The maximum atomic E-state index is 13.1. The lowest BCUT2D eigenvalue weighted by molar-refractivity contribution is -0.108. The van der Waals surface area contributed by atoms with E-state index in [0.717, 1.165) is 34.6 Å². The molecule has 0 bridgehead atoms. The van der Waals surface area contributed by atoms with Gasteiger partial charge in [0.1, 0.15) is 36.8 Å². The van der Waals surface area contributed by atoms with Crippen molar-refractivity contribution in [2.24, 2.45) is 5.92 Å². The largest absolute Gasteiger partial charge is 0.487 e. The Balaban J connectivity index is 1.31. The third-order valence-corrected chi connectivity index (χ3v) is 6.54. The normalized spacial score (nSPS) is 17.3. The minimum atomic E-state index is -0.637. The van der Waals surface area contributed by atoms with E-state index in [9.17, 15) is 9.18 Å². The lowest BCUT2D eigenvalue weighted by atomic mass is 9.87. The van der Waals surface area contributed by atoms with Gasteiger partial charge in [0.2, 0.25) is 11.8 Å². The van der Waals surface area contributed by atoms with Gasteiger partial charge >= 0.3 is 0 Å². The summed E-state index contributed by atoms with van der Waals surface area (Å²) in [5.41, 5.74) is 3.09. The van der Waals surface area contributed by atoms with Crippen molar-refractivity contribution < 1.29 is 18.3 Å². The number of anilines is 1. The molecule has 1 saturated heterocycles. The summed E-state index contributed by atoms with van der Waals surface area (Å²) in [7, 11) is 0. The van der Waals surface area contributed by atoms with Gasteiger partial charge in [-0.15, -0.1) is 0 Å². The summed E-state index contributed by atoms with van der Waals surface area (Å²) in [5.74, 6) is 2.69. The Kier molecular flexibility index (Phi) is 7.02. The van der Waals surface area contributed by atoms with E-state index in [0.29, 0.717) is 37.0 Å². The number of alkyl halides is 1. The zero-order valence-electron chi connectivity index (χ0n) is 20.0. The van der Waals surface area contributed by atoms with Crippen LogP contribution in [-0.4, -0.2) is 34.3 Å². The fraction of sp³-hybridized carbons (Fsp3) is 0.286. The van der Waals surface area contributed by atoms with Crippen molar-refractivity contribution in [3.8, 4) is 17.2 Å². The summed E-state index contributed by atoms with van der Waals surface area (Å²) in [6, 6.07) is 19.3. The van der Waals surface area contributed by atoms with E-state index in [2.05, 4.69) is 15.0 Å². The highest BCUT2D eigenvalue weighted by molar-refractivity contribution is 5.53. The lowest BCUT2D eigenvalue weighted by Crippen LogP contribution is -2.22. The van der Waals surface area contributed by atoms with Crippen molar-refractivity contribution in [2.75, 3.05) is 18.0 Å². The molecular weight excluding hydrogens is 459 g/mol. The Morgan fingerprint density at radius 2 is 1.97 bits per heavy atom. The molecule has 5 rings (SSSR count). The SMILES string of the molecule is Cc1oc(-c2ccccc2)nc1COc1cccc([C@@H]2CN(c3nccc(CF)n3)C[C@@H]2CC=O)c1. The molecule has 4 aromatic rings. The first-order valence-electron chi connectivity index (χ1n) is 12.0.